The molecule has 0 amide bonds. The molecule has 0 atom stereocenters. The number of esters is 1. The van der Waals surface area contributed by atoms with Crippen LogP contribution in [0, 0.1) is 0 Å². The second-order valence-corrected chi connectivity index (χ2v) is 2.27. The van der Waals surface area contributed by atoms with Crippen LogP contribution in [0.25, 0.3) is 0 Å². The third kappa shape index (κ3) is 5.52. The van der Waals surface area contributed by atoms with Crippen LogP contribution in [0.1, 0.15) is 27.2 Å². The van der Waals surface area contributed by atoms with Crippen molar-refractivity contribution < 1.29 is 48.9 Å². The second kappa shape index (κ2) is 9.37. The van der Waals surface area contributed by atoms with Gasteiger partial charge in [-0.3, -0.25) is 0 Å². The predicted molar refractivity (Wildman–Crippen MR) is 45.6 cm³/mol. The van der Waals surface area contributed by atoms with Crippen LogP contribution in [-0.2, 0) is 14.3 Å². The fraction of sp³-hybridized carbons (Fsp3) is 0.667. The van der Waals surface area contributed by atoms with Crippen molar-refractivity contribution in [1.29, 1.82) is 0 Å². The van der Waals surface area contributed by atoms with E-state index in [0.717, 1.165) is 0 Å². The van der Waals surface area contributed by atoms with Gasteiger partial charge in [-0.25, -0.2) is 4.79 Å². The molecule has 0 saturated carbocycles. The van der Waals surface area contributed by atoms with Crippen molar-refractivity contribution in [3.63, 3.8) is 0 Å². The van der Waals surface area contributed by atoms with Gasteiger partial charge in [-0.2, -0.15) is 0 Å². The Morgan fingerprint density at radius 1 is 1.14 bits per heavy atom. The first-order valence-corrected chi connectivity index (χ1v) is 4.37. The first kappa shape index (κ1) is 16.2. The predicted octanol–water partition coefficient (Wildman–Crippen LogP) is -2.43. The summed E-state index contributed by atoms with van der Waals surface area (Å²) >= 11 is 0. The Hall–Kier alpha value is -0.190. The van der Waals surface area contributed by atoms with Gasteiger partial charge >= 0.3 is 35.5 Å². The van der Waals surface area contributed by atoms with Crippen LogP contribution in [-0.4, -0.2) is 19.2 Å². The van der Waals surface area contributed by atoms with Gasteiger partial charge < -0.3 is 14.6 Å². The Labute approximate surface area is 107 Å². The van der Waals surface area contributed by atoms with Gasteiger partial charge in [0.15, 0.2) is 0 Å². The van der Waals surface area contributed by atoms with Crippen molar-refractivity contribution in [1.82, 2.24) is 0 Å². The van der Waals surface area contributed by atoms with Gasteiger partial charge in [0.1, 0.15) is 0 Å². The molecule has 0 radical (unpaired) electrons. The first-order chi connectivity index (χ1) is 6.17. The Morgan fingerprint density at radius 2 is 1.64 bits per heavy atom. The van der Waals surface area contributed by atoms with E-state index in [1.807, 2.05) is 0 Å². The fourth-order valence-electron chi connectivity index (χ4n) is 0.808. The molecule has 0 aliphatic carbocycles. The summed E-state index contributed by atoms with van der Waals surface area (Å²) in [5.74, 6) is -1.16. The third-order valence-corrected chi connectivity index (χ3v) is 1.40. The Bertz CT molecular complexity index is 201. The zero-order valence-electron chi connectivity index (χ0n) is 9.25. The van der Waals surface area contributed by atoms with E-state index in [-0.39, 0.29) is 48.3 Å². The van der Waals surface area contributed by atoms with Crippen molar-refractivity contribution >= 4 is 5.97 Å². The number of hydrogen-bond donors (Lipinski definition) is 0. The van der Waals surface area contributed by atoms with Crippen molar-refractivity contribution in [2.45, 2.75) is 27.2 Å². The van der Waals surface area contributed by atoms with Crippen molar-refractivity contribution in [2.24, 2.45) is 0 Å². The molecule has 5 heteroatoms. The molecule has 0 N–H and O–H groups in total. The molecule has 14 heavy (non-hydrogen) atoms. The molecule has 0 aliphatic heterocycles. The van der Waals surface area contributed by atoms with E-state index in [2.05, 4.69) is 9.47 Å². The number of rotatable bonds is 5. The van der Waals surface area contributed by atoms with Gasteiger partial charge in [0.25, 0.3) is 0 Å². The van der Waals surface area contributed by atoms with E-state index < -0.39 is 11.9 Å². The van der Waals surface area contributed by atoms with Gasteiger partial charge in [-0.05, 0) is 20.0 Å². The molecule has 0 aliphatic rings. The molecule has 0 aromatic heterocycles. The standard InChI is InChI=1S/C9H16O4.Na/c1-4-7(8(10)12-5-2)9(11)13-6-3;/h10H,4-6H2,1-3H3;/q;+1/p-1. The van der Waals surface area contributed by atoms with Crippen LogP contribution >= 0.6 is 0 Å². The van der Waals surface area contributed by atoms with Crippen LogP contribution in [0.5, 0.6) is 0 Å². The molecule has 0 saturated heterocycles. The van der Waals surface area contributed by atoms with Gasteiger partial charge in [0.05, 0.1) is 18.1 Å². The quantitative estimate of drug-likeness (QED) is 0.219. The largest absolute Gasteiger partial charge is 1.00 e. The maximum absolute atomic E-state index is 11.1. The monoisotopic (exact) mass is 210 g/mol. The maximum Gasteiger partial charge on any atom is 1.00 e. The van der Waals surface area contributed by atoms with Crippen LogP contribution < -0.4 is 34.7 Å². The molecule has 0 fully saturated rings. The van der Waals surface area contributed by atoms with Gasteiger partial charge in [-0.1, -0.05) is 13.8 Å². The SMILES string of the molecule is CCOC(=O)C(CC)=C([O-])OCC.[Na+]. The van der Waals surface area contributed by atoms with E-state index in [9.17, 15) is 9.90 Å². The number of ether oxygens (including phenoxy) is 2. The molecule has 0 unspecified atom stereocenters. The van der Waals surface area contributed by atoms with E-state index in [1.54, 1.807) is 20.8 Å². The summed E-state index contributed by atoms with van der Waals surface area (Å²) in [4.78, 5) is 11.1. The maximum atomic E-state index is 11.1. The Balaban J connectivity index is 0. The third-order valence-electron chi connectivity index (χ3n) is 1.40. The summed E-state index contributed by atoms with van der Waals surface area (Å²) < 4.78 is 9.37. The molecule has 76 valence electrons. The molecule has 0 spiro atoms. The molecule has 0 heterocycles. The van der Waals surface area contributed by atoms with Gasteiger partial charge in [-0.15, -0.1) is 0 Å². The molecule has 0 bridgehead atoms. The second-order valence-electron chi connectivity index (χ2n) is 2.27. The summed E-state index contributed by atoms with van der Waals surface area (Å²) in [5, 5.41) is 11.1. The van der Waals surface area contributed by atoms with Crippen molar-refractivity contribution in [2.75, 3.05) is 13.2 Å². The molecule has 0 rings (SSSR count). The summed E-state index contributed by atoms with van der Waals surface area (Å²) in [5.41, 5.74) is 0.0729. The minimum Gasteiger partial charge on any atom is -0.613 e. The average Bonchev–Trinajstić information content (AvgIpc) is 2.06. The van der Waals surface area contributed by atoms with Gasteiger partial charge in [0, 0.05) is 0 Å². The summed E-state index contributed by atoms with van der Waals surface area (Å²) in [6.45, 7) is 5.62. The molecule has 0 aromatic rings. The summed E-state index contributed by atoms with van der Waals surface area (Å²) in [7, 11) is 0. The minimum atomic E-state index is -0.580. The average molecular weight is 210 g/mol. The van der Waals surface area contributed by atoms with E-state index in [0.29, 0.717) is 6.42 Å². The fourth-order valence-corrected chi connectivity index (χ4v) is 0.808. The number of carbonyl (C=O) groups excluding carboxylic acids is 1. The van der Waals surface area contributed by atoms with Crippen LogP contribution in [0.3, 0.4) is 0 Å². The van der Waals surface area contributed by atoms with E-state index in [4.69, 9.17) is 0 Å². The van der Waals surface area contributed by atoms with Crippen LogP contribution in [0.2, 0.25) is 0 Å². The normalized spacial score (nSPS) is 11.1. The zero-order valence-corrected chi connectivity index (χ0v) is 11.3. The topological polar surface area (TPSA) is 58.6 Å². The van der Waals surface area contributed by atoms with Crippen molar-refractivity contribution in [3.05, 3.63) is 11.5 Å². The molecular formula is C9H15NaO4. The Kier molecular flexibility index (Phi) is 10.9. The molecule has 0 aromatic carbocycles. The molecular weight excluding hydrogens is 195 g/mol. The Morgan fingerprint density at radius 3 is 2.00 bits per heavy atom. The van der Waals surface area contributed by atoms with Crippen LogP contribution in [0.15, 0.2) is 11.5 Å². The summed E-state index contributed by atoms with van der Waals surface area (Å²) in [6, 6.07) is 0. The van der Waals surface area contributed by atoms with E-state index >= 15 is 0 Å². The zero-order chi connectivity index (χ0) is 10.3. The van der Waals surface area contributed by atoms with Crippen molar-refractivity contribution in [3.8, 4) is 0 Å². The van der Waals surface area contributed by atoms with Gasteiger partial charge in [0.2, 0.25) is 0 Å². The summed E-state index contributed by atoms with van der Waals surface area (Å²) in [6.07, 6.45) is 0.331. The first-order valence-electron chi connectivity index (χ1n) is 4.37. The minimum absolute atomic E-state index is 0. The number of carbonyl (C=O) groups is 1. The van der Waals surface area contributed by atoms with Crippen LogP contribution in [0.4, 0.5) is 0 Å². The molecule has 4 nitrogen and oxygen atoms in total. The van der Waals surface area contributed by atoms with E-state index in [1.165, 1.54) is 0 Å². The number of hydrogen-bond acceptors (Lipinski definition) is 4. The smallest absolute Gasteiger partial charge is 0.613 e.